The number of nitrogens with zero attached hydrogens (tertiary/aromatic N) is 3. The third-order valence-electron chi connectivity index (χ3n) is 9.16. The zero-order chi connectivity index (χ0) is 42.3. The Morgan fingerprint density at radius 3 is 2.10 bits per heavy atom. The van der Waals surface area contributed by atoms with Crippen molar-refractivity contribution >= 4 is 52.6 Å². The summed E-state index contributed by atoms with van der Waals surface area (Å²) in [6.07, 6.45) is -0.827. The summed E-state index contributed by atoms with van der Waals surface area (Å²) in [4.78, 5) is 70.5. The molecule has 6 aromatic rings. The highest BCUT2D eigenvalue weighted by Gasteiger charge is 2.39. The number of aromatic nitrogens is 3. The molecular weight excluding hydrogens is 844 g/mol. The Morgan fingerprint density at radius 2 is 1.40 bits per heavy atom. The van der Waals surface area contributed by atoms with Gasteiger partial charge in [0.05, 0.1) is 49.4 Å². The Labute approximate surface area is 355 Å². The molecule has 1 aliphatic rings. The Hall–Kier alpha value is -6.00. The van der Waals surface area contributed by atoms with Crippen molar-refractivity contribution < 1.29 is 42.5 Å². The van der Waals surface area contributed by atoms with Gasteiger partial charge in [-0.05, 0) is 65.7 Å². The molecule has 1 aliphatic heterocycles. The van der Waals surface area contributed by atoms with Gasteiger partial charge in [-0.1, -0.05) is 83.3 Å². The lowest BCUT2D eigenvalue weighted by molar-refractivity contribution is -0.0834. The number of esters is 2. The summed E-state index contributed by atoms with van der Waals surface area (Å²) < 4.78 is 45.3. The van der Waals surface area contributed by atoms with Crippen LogP contribution in [0.2, 0.25) is 15.1 Å². The fourth-order valence-electron chi connectivity index (χ4n) is 6.11. The smallest absolute Gasteiger partial charge is 0.344 e. The van der Waals surface area contributed by atoms with Gasteiger partial charge in [0.25, 0.3) is 11.5 Å². The normalized spacial score (nSPS) is 16.0. The SMILES string of the molecule is O=C(Oc1cc(OC(=O)c2cccc(C(=O)n3c(=O)c(F)cn([C@H]4C[C@H](OCc5ccc(Cl)cc5)[C@@H](COCc5ccc(Cl)cc5)O4)c3=O)c2)c(Cl)cn1)c1ccccc1. The fourth-order valence-corrected chi connectivity index (χ4v) is 6.51. The number of rotatable bonds is 13. The first-order valence-electron chi connectivity index (χ1n) is 18.1. The molecule has 0 unspecified atom stereocenters. The van der Waals surface area contributed by atoms with Crippen molar-refractivity contribution in [2.45, 2.75) is 38.1 Å². The molecule has 60 heavy (non-hydrogen) atoms. The number of hydrogen-bond donors (Lipinski definition) is 0. The van der Waals surface area contributed by atoms with E-state index in [1.165, 1.54) is 30.3 Å². The average Bonchev–Trinajstić information content (AvgIpc) is 3.66. The highest BCUT2D eigenvalue weighted by Crippen LogP contribution is 2.32. The predicted octanol–water partition coefficient (Wildman–Crippen LogP) is 7.72. The molecule has 306 valence electrons. The summed E-state index contributed by atoms with van der Waals surface area (Å²) in [6, 6.07) is 28.1. The molecular formula is C43H31Cl3FN3O10. The third-order valence-corrected chi connectivity index (χ3v) is 9.94. The van der Waals surface area contributed by atoms with E-state index in [2.05, 4.69) is 4.98 Å². The van der Waals surface area contributed by atoms with E-state index in [1.807, 2.05) is 0 Å². The van der Waals surface area contributed by atoms with Crippen molar-refractivity contribution in [3.05, 3.63) is 191 Å². The van der Waals surface area contributed by atoms with E-state index in [1.54, 1.807) is 66.7 Å². The second-order valence-corrected chi connectivity index (χ2v) is 14.6. The van der Waals surface area contributed by atoms with Crippen molar-refractivity contribution in [3.8, 4) is 11.6 Å². The van der Waals surface area contributed by atoms with Crippen LogP contribution in [0.5, 0.6) is 11.6 Å². The van der Waals surface area contributed by atoms with E-state index in [4.69, 9.17) is 58.5 Å². The van der Waals surface area contributed by atoms with Gasteiger partial charge in [-0.15, -0.1) is 0 Å². The van der Waals surface area contributed by atoms with E-state index in [0.717, 1.165) is 34.0 Å². The van der Waals surface area contributed by atoms with Crippen molar-refractivity contribution in [3.63, 3.8) is 0 Å². The summed E-state index contributed by atoms with van der Waals surface area (Å²) in [5, 5.41) is 1.00. The van der Waals surface area contributed by atoms with Crippen LogP contribution in [0, 0.1) is 5.82 Å². The molecule has 0 bridgehead atoms. The highest BCUT2D eigenvalue weighted by atomic mass is 35.5. The number of carbonyl (C=O) groups excluding carboxylic acids is 3. The maximum Gasteiger partial charge on any atom is 0.344 e. The molecule has 4 aromatic carbocycles. The van der Waals surface area contributed by atoms with Crippen LogP contribution in [0.1, 0.15) is 54.8 Å². The molecule has 0 amide bonds. The molecule has 1 fully saturated rings. The van der Waals surface area contributed by atoms with Crippen molar-refractivity contribution in [1.29, 1.82) is 0 Å². The summed E-state index contributed by atoms with van der Waals surface area (Å²) in [5.74, 6) is -4.84. The molecule has 0 saturated carbocycles. The van der Waals surface area contributed by atoms with Crippen LogP contribution < -0.4 is 20.7 Å². The van der Waals surface area contributed by atoms with Crippen LogP contribution in [0.3, 0.4) is 0 Å². The second-order valence-electron chi connectivity index (χ2n) is 13.3. The zero-order valence-electron chi connectivity index (χ0n) is 31.0. The van der Waals surface area contributed by atoms with E-state index < -0.39 is 53.3 Å². The molecule has 17 heteroatoms. The Balaban J connectivity index is 1.09. The maximum atomic E-state index is 15.4. The van der Waals surface area contributed by atoms with Crippen LogP contribution in [-0.2, 0) is 27.4 Å². The number of pyridine rings is 1. The number of halogens is 4. The lowest BCUT2D eigenvalue weighted by Crippen LogP contribution is -2.46. The molecule has 0 spiro atoms. The van der Waals surface area contributed by atoms with Crippen LogP contribution >= 0.6 is 34.8 Å². The second kappa shape index (κ2) is 18.9. The van der Waals surface area contributed by atoms with Crippen LogP contribution in [0.25, 0.3) is 0 Å². The molecule has 3 heterocycles. The lowest BCUT2D eigenvalue weighted by atomic mass is 10.1. The monoisotopic (exact) mass is 873 g/mol. The van der Waals surface area contributed by atoms with E-state index >= 15 is 4.39 Å². The van der Waals surface area contributed by atoms with Crippen LogP contribution in [0.15, 0.2) is 131 Å². The average molecular weight is 875 g/mol. The molecule has 2 aromatic heterocycles. The largest absolute Gasteiger partial charge is 0.421 e. The standard InChI is InChI=1S/C43H31Cl3FN3O10/c44-30-13-9-25(10-14-30)22-56-24-36-35(57-23-26-11-15-31(45)16-12-26)19-38(58-36)49-21-33(47)40(52)50(43(49)55)39(51)28-7-4-8-29(17-28)42(54)59-34-18-37(48-20-32(34)46)60-41(53)27-5-2-1-3-6-27/h1-18,20-21,35-36,38H,19,22-24H2/t35-,36+,38+/m0/s1. The molecule has 0 radical (unpaired) electrons. The fraction of sp³-hybridized carbons (Fsp3) is 0.163. The summed E-state index contributed by atoms with van der Waals surface area (Å²) in [5.41, 5.74) is -1.37. The Bertz CT molecular complexity index is 2660. The summed E-state index contributed by atoms with van der Waals surface area (Å²) in [7, 11) is 0. The van der Waals surface area contributed by atoms with Gasteiger partial charge < -0.3 is 23.7 Å². The van der Waals surface area contributed by atoms with Gasteiger partial charge in [-0.2, -0.15) is 8.96 Å². The first kappa shape index (κ1) is 42.1. The molecule has 7 rings (SSSR count). The molecule has 0 N–H and O–H groups in total. The maximum absolute atomic E-state index is 15.4. The topological polar surface area (TPSA) is 154 Å². The minimum atomic E-state index is -1.52. The first-order valence-corrected chi connectivity index (χ1v) is 19.2. The van der Waals surface area contributed by atoms with Crippen LogP contribution in [-0.4, -0.2) is 50.8 Å². The van der Waals surface area contributed by atoms with Gasteiger partial charge in [0.1, 0.15) is 17.4 Å². The lowest BCUT2D eigenvalue weighted by Gasteiger charge is -2.19. The third kappa shape index (κ3) is 10.1. The summed E-state index contributed by atoms with van der Waals surface area (Å²) >= 11 is 18.2. The Morgan fingerprint density at radius 1 is 0.767 bits per heavy atom. The minimum Gasteiger partial charge on any atom is -0.421 e. The van der Waals surface area contributed by atoms with Crippen molar-refractivity contribution in [2.75, 3.05) is 6.61 Å². The van der Waals surface area contributed by atoms with Crippen molar-refractivity contribution in [2.24, 2.45) is 0 Å². The van der Waals surface area contributed by atoms with E-state index in [0.29, 0.717) is 16.2 Å². The number of benzene rings is 4. The predicted molar refractivity (Wildman–Crippen MR) is 216 cm³/mol. The first-order chi connectivity index (χ1) is 28.9. The van der Waals surface area contributed by atoms with E-state index in [-0.39, 0.29) is 64.2 Å². The quantitative estimate of drug-likeness (QED) is 0.105. The van der Waals surface area contributed by atoms with Gasteiger partial charge in [-0.25, -0.2) is 19.4 Å². The molecule has 13 nitrogen and oxygen atoms in total. The number of hydrogen-bond acceptors (Lipinski definition) is 11. The highest BCUT2D eigenvalue weighted by molar-refractivity contribution is 6.32. The summed E-state index contributed by atoms with van der Waals surface area (Å²) in [6.45, 7) is 0.350. The van der Waals surface area contributed by atoms with Crippen LogP contribution in [0.4, 0.5) is 4.39 Å². The number of ether oxygens (including phenoxy) is 5. The zero-order valence-corrected chi connectivity index (χ0v) is 33.3. The molecule has 1 saturated heterocycles. The van der Waals surface area contributed by atoms with Gasteiger partial charge in [0.15, 0.2) is 5.75 Å². The van der Waals surface area contributed by atoms with Gasteiger partial charge in [0, 0.05) is 28.1 Å². The molecule has 3 atom stereocenters. The van der Waals surface area contributed by atoms with E-state index in [9.17, 15) is 24.0 Å². The van der Waals surface area contributed by atoms with Gasteiger partial charge in [0.2, 0.25) is 11.7 Å². The molecule has 0 aliphatic carbocycles. The Kier molecular flexibility index (Phi) is 13.3. The van der Waals surface area contributed by atoms with Crippen molar-refractivity contribution in [1.82, 2.24) is 14.1 Å². The number of carbonyl (C=O) groups is 3. The van der Waals surface area contributed by atoms with Gasteiger partial charge >= 0.3 is 17.6 Å². The van der Waals surface area contributed by atoms with Gasteiger partial charge in [-0.3, -0.25) is 14.2 Å². The minimum absolute atomic E-state index is 0.00790.